The summed E-state index contributed by atoms with van der Waals surface area (Å²) < 4.78 is 27.0. The van der Waals surface area contributed by atoms with Crippen molar-refractivity contribution >= 4 is 74.2 Å². The van der Waals surface area contributed by atoms with Crippen molar-refractivity contribution in [3.63, 3.8) is 0 Å². The largest absolute Gasteiger partial charge is 0.456 e. The second-order valence-electron chi connectivity index (χ2n) is 21.5. The lowest BCUT2D eigenvalue weighted by atomic mass is 10.1. The van der Waals surface area contributed by atoms with Crippen LogP contribution in [-0.2, 0) is 33.0 Å². The number of nitrogens with zero attached hydrogens (tertiary/aromatic N) is 5. The minimum absolute atomic E-state index is 0.120. The molecule has 360 valence electrons. The van der Waals surface area contributed by atoms with E-state index >= 15 is 0 Å². The van der Waals surface area contributed by atoms with E-state index in [1.807, 2.05) is 143 Å². The SMILES string of the molecule is CC1CN(C(=O)OC(C)(C)C)CC(C)N1.CC1CN(C(=O)OC(C)(C)C)CC(C)N1c1ccc2c(C(=O)OC(C)(C)C)cn(C)c2c1.Cn1cc(C(=O)OC(C)(C)C)c2ccc(I)cc21. The van der Waals surface area contributed by atoms with Crippen LogP contribution in [0.25, 0.3) is 21.8 Å². The number of benzene rings is 2. The molecule has 2 saturated heterocycles. The average Bonchev–Trinajstić information content (AvgIpc) is 3.64. The second kappa shape index (κ2) is 20.6. The van der Waals surface area contributed by atoms with E-state index in [4.69, 9.17) is 18.9 Å². The third-order valence-corrected chi connectivity index (χ3v) is 10.9. The van der Waals surface area contributed by atoms with Gasteiger partial charge < -0.3 is 48.1 Å². The normalized spacial score (nSPS) is 19.5. The molecule has 4 atom stereocenters. The Morgan fingerprint density at radius 3 is 1.32 bits per heavy atom. The lowest BCUT2D eigenvalue weighted by Crippen LogP contribution is -2.58. The molecule has 2 amide bonds. The number of hydrogen-bond acceptors (Lipinski definition) is 10. The lowest BCUT2D eigenvalue weighted by molar-refractivity contribution is 0.00590. The van der Waals surface area contributed by atoms with Crippen molar-refractivity contribution in [2.24, 2.45) is 14.1 Å². The van der Waals surface area contributed by atoms with E-state index in [-0.39, 0.29) is 36.2 Å². The highest BCUT2D eigenvalue weighted by molar-refractivity contribution is 14.1. The maximum absolute atomic E-state index is 12.7. The van der Waals surface area contributed by atoms with Crippen LogP contribution in [0.15, 0.2) is 48.8 Å². The molecule has 15 heteroatoms. The minimum Gasteiger partial charge on any atom is -0.456 e. The summed E-state index contributed by atoms with van der Waals surface area (Å²) in [6, 6.07) is 13.1. The first-order chi connectivity index (χ1) is 29.7. The fraction of sp³-hybridized carbons (Fsp3) is 0.600. The first kappa shape index (κ1) is 53.1. The summed E-state index contributed by atoms with van der Waals surface area (Å²) in [7, 11) is 3.87. The fourth-order valence-corrected chi connectivity index (χ4v) is 8.47. The van der Waals surface area contributed by atoms with E-state index in [0.717, 1.165) is 44.2 Å². The molecular formula is C50H75IN6O8. The number of hydrogen-bond donors (Lipinski definition) is 1. The third-order valence-electron chi connectivity index (χ3n) is 10.2. The Kier molecular flexibility index (Phi) is 16.8. The molecular weight excluding hydrogens is 939 g/mol. The summed E-state index contributed by atoms with van der Waals surface area (Å²) in [5, 5.41) is 5.19. The van der Waals surface area contributed by atoms with Crippen LogP contribution in [0.2, 0.25) is 0 Å². The van der Waals surface area contributed by atoms with Crippen molar-refractivity contribution in [3.05, 3.63) is 63.5 Å². The number of halogens is 1. The van der Waals surface area contributed by atoms with Gasteiger partial charge in [0.1, 0.15) is 22.4 Å². The van der Waals surface area contributed by atoms with Crippen LogP contribution in [0.1, 0.15) is 131 Å². The van der Waals surface area contributed by atoms with E-state index in [9.17, 15) is 19.2 Å². The number of carbonyl (C=O) groups is 4. The Labute approximate surface area is 400 Å². The van der Waals surface area contributed by atoms with Crippen molar-refractivity contribution in [3.8, 4) is 0 Å². The maximum Gasteiger partial charge on any atom is 0.410 e. The highest BCUT2D eigenvalue weighted by Crippen LogP contribution is 2.32. The van der Waals surface area contributed by atoms with E-state index in [2.05, 4.69) is 72.6 Å². The van der Waals surface area contributed by atoms with Gasteiger partial charge >= 0.3 is 24.1 Å². The molecule has 2 aliphatic heterocycles. The zero-order valence-corrected chi connectivity index (χ0v) is 44.3. The molecule has 65 heavy (non-hydrogen) atoms. The van der Waals surface area contributed by atoms with Crippen molar-refractivity contribution in [2.75, 3.05) is 31.1 Å². The van der Waals surface area contributed by atoms with Crippen LogP contribution < -0.4 is 10.2 Å². The van der Waals surface area contributed by atoms with Gasteiger partial charge in [-0.3, -0.25) is 0 Å². The number of amides is 2. The van der Waals surface area contributed by atoms with Gasteiger partial charge in [0.25, 0.3) is 0 Å². The summed E-state index contributed by atoms with van der Waals surface area (Å²) in [4.78, 5) is 55.1. The van der Waals surface area contributed by atoms with E-state index in [0.29, 0.717) is 36.3 Å². The van der Waals surface area contributed by atoms with Gasteiger partial charge in [0.2, 0.25) is 0 Å². The molecule has 6 rings (SSSR count). The Balaban J connectivity index is 0.000000236. The van der Waals surface area contributed by atoms with Gasteiger partial charge in [-0.05, 0) is 164 Å². The lowest BCUT2D eigenvalue weighted by Gasteiger charge is -2.45. The van der Waals surface area contributed by atoms with Gasteiger partial charge in [-0.15, -0.1) is 0 Å². The maximum atomic E-state index is 12.7. The topological polar surface area (TPSA) is 137 Å². The van der Waals surface area contributed by atoms with Crippen LogP contribution in [0.4, 0.5) is 15.3 Å². The van der Waals surface area contributed by atoms with E-state index in [1.165, 1.54) is 0 Å². The summed E-state index contributed by atoms with van der Waals surface area (Å²) in [5.41, 5.74) is 2.34. The molecule has 4 heterocycles. The standard InChI is InChI=1S/C25H37N3O4.C14H16INO2.C11H22N2O2/c1-16-13-27(23(30)32-25(6,7)8)14-17(2)28(16)18-10-11-19-20(15-26(9)21(19)12-18)22(29)31-24(3,4)5;1-14(2,3)18-13(17)11-8-16(4)12-7-9(15)5-6-10(11)12;1-8-6-13(7-9(2)12-8)10(14)15-11(3,4)5/h10-12,15-17H,13-14H2,1-9H3;5-8H,1-4H3;8-9,12H,6-7H2,1-5H3. The Hall–Kier alpha value is -4.51. The predicted octanol–water partition coefficient (Wildman–Crippen LogP) is 10.3. The van der Waals surface area contributed by atoms with Crippen molar-refractivity contribution in [2.45, 2.75) is 157 Å². The van der Waals surface area contributed by atoms with Crippen molar-refractivity contribution in [1.82, 2.24) is 24.3 Å². The van der Waals surface area contributed by atoms with Crippen LogP contribution in [-0.4, -0.2) is 116 Å². The van der Waals surface area contributed by atoms with Gasteiger partial charge in [0, 0.05) is 102 Å². The molecule has 14 nitrogen and oxygen atoms in total. The highest BCUT2D eigenvalue weighted by atomic mass is 127. The number of ether oxygens (including phenoxy) is 4. The van der Waals surface area contributed by atoms with Crippen molar-refractivity contribution in [1.29, 1.82) is 0 Å². The zero-order chi connectivity index (χ0) is 49.1. The Morgan fingerprint density at radius 2 is 0.923 bits per heavy atom. The van der Waals surface area contributed by atoms with E-state index < -0.39 is 22.4 Å². The molecule has 2 fully saturated rings. The molecule has 0 spiro atoms. The first-order valence-corrected chi connectivity index (χ1v) is 23.6. The summed E-state index contributed by atoms with van der Waals surface area (Å²) in [6.45, 7) is 33.6. The Morgan fingerprint density at radius 1 is 0.554 bits per heavy atom. The predicted molar refractivity (Wildman–Crippen MR) is 268 cm³/mol. The molecule has 0 saturated carbocycles. The molecule has 2 aliphatic rings. The summed E-state index contributed by atoms with van der Waals surface area (Å²) in [6.07, 6.45) is 3.18. The monoisotopic (exact) mass is 1010 g/mol. The third kappa shape index (κ3) is 15.3. The van der Waals surface area contributed by atoms with Crippen molar-refractivity contribution < 1.29 is 38.1 Å². The quantitative estimate of drug-likeness (QED) is 0.120. The van der Waals surface area contributed by atoms with Crippen LogP contribution in [0.5, 0.6) is 0 Å². The fourth-order valence-electron chi connectivity index (χ4n) is 7.99. The van der Waals surface area contributed by atoms with Gasteiger partial charge in [-0.2, -0.15) is 0 Å². The van der Waals surface area contributed by atoms with Crippen LogP contribution in [0.3, 0.4) is 0 Å². The average molecular weight is 1020 g/mol. The number of nitrogens with one attached hydrogen (secondary N) is 1. The summed E-state index contributed by atoms with van der Waals surface area (Å²) >= 11 is 2.26. The Bertz CT molecular complexity index is 2300. The first-order valence-electron chi connectivity index (χ1n) is 22.5. The minimum atomic E-state index is -0.544. The highest BCUT2D eigenvalue weighted by Gasteiger charge is 2.35. The van der Waals surface area contributed by atoms with Gasteiger partial charge in [0.05, 0.1) is 16.6 Å². The van der Waals surface area contributed by atoms with E-state index in [1.54, 1.807) is 9.80 Å². The number of rotatable bonds is 3. The van der Waals surface area contributed by atoms with Gasteiger partial charge in [-0.25, -0.2) is 19.2 Å². The molecule has 4 aromatic rings. The van der Waals surface area contributed by atoms with Crippen LogP contribution in [0, 0.1) is 3.57 Å². The smallest absolute Gasteiger partial charge is 0.410 e. The number of anilines is 1. The number of carbonyl (C=O) groups excluding carboxylic acids is 4. The number of fused-ring (bicyclic) bond motifs is 2. The molecule has 0 bridgehead atoms. The second-order valence-corrected chi connectivity index (χ2v) is 22.8. The molecule has 0 aliphatic carbocycles. The van der Waals surface area contributed by atoms with Gasteiger partial charge in [-0.1, -0.05) is 6.07 Å². The van der Waals surface area contributed by atoms with Crippen LogP contribution >= 0.6 is 22.6 Å². The molecule has 2 aromatic heterocycles. The zero-order valence-electron chi connectivity index (χ0n) is 42.1. The molecule has 2 aromatic carbocycles. The number of aryl methyl sites for hydroxylation is 2. The molecule has 1 N–H and O–H groups in total. The number of esters is 2. The molecule has 0 radical (unpaired) electrons. The molecule has 4 unspecified atom stereocenters. The number of piperazine rings is 2. The number of aromatic nitrogens is 2. The summed E-state index contributed by atoms with van der Waals surface area (Å²) in [5.74, 6) is -0.585. The van der Waals surface area contributed by atoms with Gasteiger partial charge in [0.15, 0.2) is 0 Å².